The Kier molecular flexibility index (Phi) is 4.61. The van der Waals surface area contributed by atoms with E-state index in [1.807, 2.05) is 7.05 Å². The normalized spacial score (nSPS) is 18.2. The van der Waals surface area contributed by atoms with E-state index in [-0.39, 0.29) is 0 Å². The molecule has 1 heterocycles. The second kappa shape index (κ2) is 6.21. The molecule has 0 radical (unpaired) electrons. The lowest BCUT2D eigenvalue weighted by atomic mass is 10.0. The van der Waals surface area contributed by atoms with E-state index in [1.54, 1.807) is 0 Å². The van der Waals surface area contributed by atoms with Crippen LogP contribution in [0.2, 0.25) is 0 Å². The number of nitrogens with zero attached hydrogens (tertiary/aromatic N) is 2. The molecular formula is C15H25N3. The van der Waals surface area contributed by atoms with E-state index >= 15 is 0 Å². The number of anilines is 1. The second-order valence-corrected chi connectivity index (χ2v) is 5.40. The lowest BCUT2D eigenvalue weighted by molar-refractivity contribution is 0.139. The molecule has 18 heavy (non-hydrogen) atoms. The molecule has 0 aromatic heterocycles. The van der Waals surface area contributed by atoms with E-state index in [1.165, 1.54) is 37.2 Å². The predicted octanol–water partition coefficient (Wildman–Crippen LogP) is 2.25. The van der Waals surface area contributed by atoms with Gasteiger partial charge in [0.25, 0.3) is 0 Å². The van der Waals surface area contributed by atoms with Crippen molar-refractivity contribution in [1.29, 1.82) is 0 Å². The molecule has 100 valence electrons. The van der Waals surface area contributed by atoms with Gasteiger partial charge >= 0.3 is 0 Å². The van der Waals surface area contributed by atoms with Crippen LogP contribution in [0.1, 0.15) is 18.4 Å². The summed E-state index contributed by atoms with van der Waals surface area (Å²) in [4.78, 5) is 4.92. The maximum Gasteiger partial charge on any atom is 0.0337 e. The van der Waals surface area contributed by atoms with Gasteiger partial charge in [-0.15, -0.1) is 0 Å². The van der Waals surface area contributed by atoms with E-state index in [4.69, 9.17) is 0 Å². The Balaban J connectivity index is 1.87. The first-order chi connectivity index (χ1) is 8.69. The van der Waals surface area contributed by atoms with Gasteiger partial charge < -0.3 is 10.2 Å². The predicted molar refractivity (Wildman–Crippen MR) is 78.0 cm³/mol. The van der Waals surface area contributed by atoms with Crippen molar-refractivity contribution >= 4 is 5.69 Å². The maximum atomic E-state index is 3.16. The zero-order valence-electron chi connectivity index (χ0n) is 11.8. The van der Waals surface area contributed by atoms with Crippen LogP contribution in [0.4, 0.5) is 5.69 Å². The fourth-order valence-electron chi connectivity index (χ4n) is 2.63. The van der Waals surface area contributed by atoms with E-state index in [0.717, 1.165) is 12.6 Å². The zero-order chi connectivity index (χ0) is 13.0. The van der Waals surface area contributed by atoms with Crippen LogP contribution in [-0.4, -0.2) is 50.1 Å². The summed E-state index contributed by atoms with van der Waals surface area (Å²) >= 11 is 0. The molecule has 1 aromatic rings. The average molecular weight is 247 g/mol. The fraction of sp³-hybridized carbons (Fsp3) is 0.600. The Morgan fingerprint density at radius 1 is 1.22 bits per heavy atom. The van der Waals surface area contributed by atoms with E-state index < -0.39 is 0 Å². The van der Waals surface area contributed by atoms with Gasteiger partial charge in [0.05, 0.1) is 0 Å². The third-order valence-electron chi connectivity index (χ3n) is 3.99. The maximum absolute atomic E-state index is 3.16. The quantitative estimate of drug-likeness (QED) is 0.880. The van der Waals surface area contributed by atoms with Crippen LogP contribution in [0.3, 0.4) is 0 Å². The van der Waals surface area contributed by atoms with Crippen LogP contribution >= 0.6 is 0 Å². The Bertz CT molecular complexity index is 353. The number of hydrogen-bond donors (Lipinski definition) is 1. The van der Waals surface area contributed by atoms with E-state index in [2.05, 4.69) is 53.5 Å². The van der Waals surface area contributed by atoms with Crippen molar-refractivity contribution in [3.63, 3.8) is 0 Å². The van der Waals surface area contributed by atoms with Crippen LogP contribution in [0.15, 0.2) is 24.3 Å². The standard InChI is InChI=1S/C15H25N3/c1-16-14-6-4-13(5-7-14)12-18(3)15-8-10-17(2)11-9-15/h4-7,15-16H,8-12H2,1-3H3. The summed E-state index contributed by atoms with van der Waals surface area (Å²) in [6.07, 6.45) is 2.59. The molecule has 1 saturated heterocycles. The zero-order valence-corrected chi connectivity index (χ0v) is 11.8. The fourth-order valence-corrected chi connectivity index (χ4v) is 2.63. The topological polar surface area (TPSA) is 18.5 Å². The lowest BCUT2D eigenvalue weighted by Crippen LogP contribution is -2.41. The Morgan fingerprint density at radius 3 is 2.39 bits per heavy atom. The van der Waals surface area contributed by atoms with Crippen molar-refractivity contribution in [2.75, 3.05) is 39.5 Å². The van der Waals surface area contributed by atoms with Gasteiger partial charge in [-0.2, -0.15) is 0 Å². The molecule has 0 aliphatic carbocycles. The summed E-state index contributed by atoms with van der Waals surface area (Å²) in [5, 5.41) is 3.16. The highest BCUT2D eigenvalue weighted by Crippen LogP contribution is 2.17. The molecule has 0 saturated carbocycles. The van der Waals surface area contributed by atoms with Crippen molar-refractivity contribution in [3.8, 4) is 0 Å². The van der Waals surface area contributed by atoms with Crippen LogP contribution in [-0.2, 0) is 6.54 Å². The summed E-state index contributed by atoms with van der Waals surface area (Å²) in [6, 6.07) is 9.48. The van der Waals surface area contributed by atoms with Gasteiger partial charge in [-0.3, -0.25) is 4.90 Å². The minimum absolute atomic E-state index is 0.741. The molecular weight excluding hydrogens is 222 g/mol. The SMILES string of the molecule is CNc1ccc(CN(C)C2CCN(C)CC2)cc1. The number of rotatable bonds is 4. The summed E-state index contributed by atoms with van der Waals surface area (Å²) in [7, 11) is 6.42. The molecule has 1 fully saturated rings. The highest BCUT2D eigenvalue weighted by Gasteiger charge is 2.20. The van der Waals surface area contributed by atoms with Gasteiger partial charge in [-0.05, 0) is 57.7 Å². The van der Waals surface area contributed by atoms with Crippen molar-refractivity contribution in [3.05, 3.63) is 29.8 Å². The lowest BCUT2D eigenvalue weighted by Gasteiger charge is -2.35. The summed E-state index contributed by atoms with van der Waals surface area (Å²) in [5.41, 5.74) is 2.58. The molecule has 1 aliphatic rings. The number of nitrogens with one attached hydrogen (secondary N) is 1. The summed E-state index contributed by atoms with van der Waals surface area (Å²) in [5.74, 6) is 0. The number of piperidine rings is 1. The summed E-state index contributed by atoms with van der Waals surface area (Å²) in [6.45, 7) is 3.51. The average Bonchev–Trinajstić information content (AvgIpc) is 2.40. The molecule has 3 nitrogen and oxygen atoms in total. The number of benzene rings is 1. The van der Waals surface area contributed by atoms with E-state index in [0.29, 0.717) is 0 Å². The monoisotopic (exact) mass is 247 g/mol. The molecule has 0 spiro atoms. The van der Waals surface area contributed by atoms with Crippen LogP contribution in [0.5, 0.6) is 0 Å². The first kappa shape index (κ1) is 13.4. The molecule has 0 bridgehead atoms. The molecule has 0 unspecified atom stereocenters. The van der Waals surface area contributed by atoms with Gasteiger partial charge in [0.1, 0.15) is 0 Å². The molecule has 0 amide bonds. The van der Waals surface area contributed by atoms with Crippen LogP contribution in [0.25, 0.3) is 0 Å². The minimum atomic E-state index is 0.741. The largest absolute Gasteiger partial charge is 0.388 e. The van der Waals surface area contributed by atoms with Crippen molar-refractivity contribution in [2.45, 2.75) is 25.4 Å². The van der Waals surface area contributed by atoms with Crippen molar-refractivity contribution in [1.82, 2.24) is 9.80 Å². The van der Waals surface area contributed by atoms with Gasteiger partial charge in [0.15, 0.2) is 0 Å². The Morgan fingerprint density at radius 2 is 1.83 bits per heavy atom. The third-order valence-corrected chi connectivity index (χ3v) is 3.99. The highest BCUT2D eigenvalue weighted by atomic mass is 15.2. The Labute approximate surface area is 111 Å². The van der Waals surface area contributed by atoms with Gasteiger partial charge in [-0.1, -0.05) is 12.1 Å². The molecule has 0 atom stereocenters. The Hall–Kier alpha value is -1.06. The highest BCUT2D eigenvalue weighted by molar-refractivity contribution is 5.43. The van der Waals surface area contributed by atoms with Crippen molar-refractivity contribution < 1.29 is 0 Å². The van der Waals surface area contributed by atoms with Crippen LogP contribution in [0, 0.1) is 0 Å². The molecule has 1 N–H and O–H groups in total. The summed E-state index contributed by atoms with van der Waals surface area (Å²) < 4.78 is 0. The molecule has 1 aromatic carbocycles. The first-order valence-corrected chi connectivity index (χ1v) is 6.84. The number of hydrogen-bond acceptors (Lipinski definition) is 3. The second-order valence-electron chi connectivity index (χ2n) is 5.40. The third kappa shape index (κ3) is 3.47. The van der Waals surface area contributed by atoms with Crippen LogP contribution < -0.4 is 5.32 Å². The minimum Gasteiger partial charge on any atom is -0.388 e. The van der Waals surface area contributed by atoms with Gasteiger partial charge in [0.2, 0.25) is 0 Å². The first-order valence-electron chi connectivity index (χ1n) is 6.84. The van der Waals surface area contributed by atoms with E-state index in [9.17, 15) is 0 Å². The molecule has 2 rings (SSSR count). The number of likely N-dealkylation sites (tertiary alicyclic amines) is 1. The van der Waals surface area contributed by atoms with Gasteiger partial charge in [0, 0.05) is 25.3 Å². The molecule has 3 heteroatoms. The smallest absolute Gasteiger partial charge is 0.0337 e. The van der Waals surface area contributed by atoms with Crippen molar-refractivity contribution in [2.24, 2.45) is 0 Å². The van der Waals surface area contributed by atoms with Gasteiger partial charge in [-0.25, -0.2) is 0 Å². The molecule has 1 aliphatic heterocycles.